The first-order valence-electron chi connectivity index (χ1n) is 6.09. The van der Waals surface area contributed by atoms with E-state index in [1.54, 1.807) is 12.4 Å². The molecular formula is C13H14N4O. The van der Waals surface area contributed by atoms with Gasteiger partial charge < -0.3 is 5.32 Å². The number of nitrogens with one attached hydrogen (secondary N) is 1. The largest absolute Gasteiger partial charge is 0.311 e. The maximum absolute atomic E-state index is 11.5. The molecule has 5 heteroatoms. The van der Waals surface area contributed by atoms with Gasteiger partial charge in [-0.05, 0) is 18.6 Å². The number of pyridine rings is 1. The van der Waals surface area contributed by atoms with Crippen LogP contribution in [0.3, 0.4) is 0 Å². The van der Waals surface area contributed by atoms with Gasteiger partial charge in [0.05, 0.1) is 12.2 Å². The van der Waals surface area contributed by atoms with Crippen LogP contribution in [-0.4, -0.2) is 20.7 Å². The van der Waals surface area contributed by atoms with E-state index in [9.17, 15) is 4.79 Å². The summed E-state index contributed by atoms with van der Waals surface area (Å²) in [6.45, 7) is 2.72. The number of aryl methyl sites for hydroxylation is 1. The molecule has 3 rings (SSSR count). The Morgan fingerprint density at radius 3 is 3.11 bits per heavy atom. The van der Waals surface area contributed by atoms with E-state index in [4.69, 9.17) is 0 Å². The van der Waals surface area contributed by atoms with Gasteiger partial charge in [-0.25, -0.2) is 4.68 Å². The van der Waals surface area contributed by atoms with E-state index in [0.717, 1.165) is 29.1 Å². The van der Waals surface area contributed by atoms with E-state index in [2.05, 4.69) is 22.3 Å². The first-order valence-corrected chi connectivity index (χ1v) is 6.09. The van der Waals surface area contributed by atoms with Crippen molar-refractivity contribution in [3.63, 3.8) is 0 Å². The summed E-state index contributed by atoms with van der Waals surface area (Å²) in [6, 6.07) is 3.88. The summed E-state index contributed by atoms with van der Waals surface area (Å²) < 4.78 is 1.88. The molecule has 0 saturated carbocycles. The zero-order valence-electron chi connectivity index (χ0n) is 10.2. The van der Waals surface area contributed by atoms with Crippen LogP contribution in [0, 0.1) is 0 Å². The lowest BCUT2D eigenvalue weighted by molar-refractivity contribution is -0.116. The summed E-state index contributed by atoms with van der Waals surface area (Å²) in [5.41, 5.74) is 2.99. The molecule has 0 saturated heterocycles. The predicted octanol–water partition coefficient (Wildman–Crippen LogP) is 1.85. The lowest BCUT2D eigenvalue weighted by Gasteiger charge is -2.15. The van der Waals surface area contributed by atoms with E-state index >= 15 is 0 Å². The number of carbonyl (C=O) groups is 1. The topological polar surface area (TPSA) is 59.8 Å². The van der Waals surface area contributed by atoms with Crippen LogP contribution in [0.5, 0.6) is 0 Å². The summed E-state index contributed by atoms with van der Waals surface area (Å²) in [4.78, 5) is 15.6. The SMILES string of the molecule is CCc1c(-c2cccnc2)nn2c1NC(=O)CC2. The van der Waals surface area contributed by atoms with Crippen molar-refractivity contribution in [3.8, 4) is 11.3 Å². The summed E-state index contributed by atoms with van der Waals surface area (Å²) in [6.07, 6.45) is 4.87. The maximum Gasteiger partial charge on any atom is 0.227 e. The molecule has 1 aliphatic rings. The van der Waals surface area contributed by atoms with Crippen LogP contribution in [0.4, 0.5) is 5.82 Å². The first kappa shape index (κ1) is 11.0. The molecule has 0 unspecified atom stereocenters. The van der Waals surface area contributed by atoms with Crippen molar-refractivity contribution in [2.75, 3.05) is 5.32 Å². The zero-order valence-corrected chi connectivity index (χ0v) is 10.2. The third-order valence-corrected chi connectivity index (χ3v) is 3.15. The van der Waals surface area contributed by atoms with Gasteiger partial charge in [0.15, 0.2) is 0 Å². The number of aromatic nitrogens is 3. The van der Waals surface area contributed by atoms with Gasteiger partial charge in [0, 0.05) is 29.9 Å². The van der Waals surface area contributed by atoms with Crippen LogP contribution in [0.25, 0.3) is 11.3 Å². The number of anilines is 1. The summed E-state index contributed by atoms with van der Waals surface area (Å²) in [5, 5.41) is 7.50. The molecule has 1 amide bonds. The highest BCUT2D eigenvalue weighted by molar-refractivity contribution is 5.93. The highest BCUT2D eigenvalue weighted by Crippen LogP contribution is 2.30. The van der Waals surface area contributed by atoms with Crippen LogP contribution in [0.15, 0.2) is 24.5 Å². The Morgan fingerprint density at radius 1 is 1.50 bits per heavy atom. The third kappa shape index (κ3) is 1.68. The Morgan fingerprint density at radius 2 is 2.39 bits per heavy atom. The monoisotopic (exact) mass is 242 g/mol. The number of nitrogens with zero attached hydrogens (tertiary/aromatic N) is 3. The first-order chi connectivity index (χ1) is 8.79. The second-order valence-electron chi connectivity index (χ2n) is 4.29. The van der Waals surface area contributed by atoms with Crippen LogP contribution < -0.4 is 5.32 Å². The average Bonchev–Trinajstić information content (AvgIpc) is 2.77. The molecule has 0 bridgehead atoms. The van der Waals surface area contributed by atoms with Crippen LogP contribution >= 0.6 is 0 Å². The van der Waals surface area contributed by atoms with Gasteiger partial charge in [0.25, 0.3) is 0 Å². The highest BCUT2D eigenvalue weighted by atomic mass is 16.1. The molecule has 2 aromatic rings. The second kappa shape index (κ2) is 4.25. The minimum Gasteiger partial charge on any atom is -0.311 e. The fourth-order valence-corrected chi connectivity index (χ4v) is 2.27. The second-order valence-corrected chi connectivity index (χ2v) is 4.29. The van der Waals surface area contributed by atoms with Crippen LogP contribution in [0.1, 0.15) is 18.9 Å². The molecule has 92 valence electrons. The van der Waals surface area contributed by atoms with Crippen molar-refractivity contribution in [3.05, 3.63) is 30.1 Å². The predicted molar refractivity (Wildman–Crippen MR) is 68.1 cm³/mol. The van der Waals surface area contributed by atoms with Gasteiger partial charge in [-0.2, -0.15) is 5.10 Å². The molecule has 0 spiro atoms. The Bertz CT molecular complexity index is 589. The lowest BCUT2D eigenvalue weighted by Crippen LogP contribution is -2.24. The Labute approximate surface area is 105 Å². The van der Waals surface area contributed by atoms with Gasteiger partial charge in [-0.15, -0.1) is 0 Å². The standard InChI is InChI=1S/C13H14N4O/c1-2-10-12(9-4-3-6-14-8-9)16-17-7-5-11(18)15-13(10)17/h3-4,6,8H,2,5,7H2,1H3,(H,15,18). The summed E-state index contributed by atoms with van der Waals surface area (Å²) in [5.74, 6) is 0.905. The maximum atomic E-state index is 11.5. The Balaban J connectivity index is 2.14. The van der Waals surface area contributed by atoms with E-state index in [1.165, 1.54) is 0 Å². The molecule has 0 fully saturated rings. The lowest BCUT2D eigenvalue weighted by atomic mass is 10.1. The number of fused-ring (bicyclic) bond motifs is 1. The van der Waals surface area contributed by atoms with Gasteiger partial charge in [-0.3, -0.25) is 9.78 Å². The van der Waals surface area contributed by atoms with Crippen LogP contribution in [0.2, 0.25) is 0 Å². The van der Waals surface area contributed by atoms with Gasteiger partial charge in [-0.1, -0.05) is 6.92 Å². The van der Waals surface area contributed by atoms with E-state index < -0.39 is 0 Å². The van der Waals surface area contributed by atoms with E-state index in [1.807, 2.05) is 16.8 Å². The molecule has 0 aromatic carbocycles. The number of carbonyl (C=O) groups excluding carboxylic acids is 1. The highest BCUT2D eigenvalue weighted by Gasteiger charge is 2.23. The van der Waals surface area contributed by atoms with Crippen molar-refractivity contribution < 1.29 is 4.79 Å². The number of hydrogen-bond donors (Lipinski definition) is 1. The van der Waals surface area contributed by atoms with Crippen molar-refractivity contribution in [2.45, 2.75) is 26.3 Å². The molecule has 0 radical (unpaired) electrons. The summed E-state index contributed by atoms with van der Waals surface area (Å²) >= 11 is 0. The molecule has 0 atom stereocenters. The fraction of sp³-hybridized carbons (Fsp3) is 0.308. The van der Waals surface area contributed by atoms with Gasteiger partial charge >= 0.3 is 0 Å². The van der Waals surface area contributed by atoms with Gasteiger partial charge in [0.1, 0.15) is 5.82 Å². The average molecular weight is 242 g/mol. The summed E-state index contributed by atoms with van der Waals surface area (Å²) in [7, 11) is 0. The molecule has 1 aliphatic heterocycles. The number of rotatable bonds is 2. The molecule has 18 heavy (non-hydrogen) atoms. The van der Waals surface area contributed by atoms with Crippen molar-refractivity contribution in [1.29, 1.82) is 0 Å². The molecule has 0 aliphatic carbocycles. The Kier molecular flexibility index (Phi) is 2.59. The van der Waals surface area contributed by atoms with E-state index in [0.29, 0.717) is 13.0 Å². The molecule has 5 nitrogen and oxygen atoms in total. The zero-order chi connectivity index (χ0) is 12.5. The van der Waals surface area contributed by atoms with Gasteiger partial charge in [0.2, 0.25) is 5.91 Å². The Hall–Kier alpha value is -2.17. The number of hydrogen-bond acceptors (Lipinski definition) is 3. The fourth-order valence-electron chi connectivity index (χ4n) is 2.27. The minimum absolute atomic E-state index is 0.0647. The minimum atomic E-state index is 0.0647. The quantitative estimate of drug-likeness (QED) is 0.874. The molecular weight excluding hydrogens is 228 g/mol. The third-order valence-electron chi connectivity index (χ3n) is 3.15. The van der Waals surface area contributed by atoms with Crippen molar-refractivity contribution >= 4 is 11.7 Å². The molecule has 2 aromatic heterocycles. The normalized spacial score (nSPS) is 14.2. The number of amides is 1. The van der Waals surface area contributed by atoms with Crippen LogP contribution in [-0.2, 0) is 17.8 Å². The molecule has 1 N–H and O–H groups in total. The smallest absolute Gasteiger partial charge is 0.227 e. The van der Waals surface area contributed by atoms with Crippen molar-refractivity contribution in [2.24, 2.45) is 0 Å². The van der Waals surface area contributed by atoms with Crippen molar-refractivity contribution in [1.82, 2.24) is 14.8 Å². The molecule has 3 heterocycles. The van der Waals surface area contributed by atoms with E-state index in [-0.39, 0.29) is 5.91 Å².